The second-order valence-corrected chi connectivity index (χ2v) is 5.54. The van der Waals surface area contributed by atoms with Crippen LogP contribution in [0.1, 0.15) is 70.5 Å². The molecule has 1 saturated carbocycles. The quantitative estimate of drug-likeness (QED) is 0.877. The van der Waals surface area contributed by atoms with E-state index < -0.39 is 0 Å². The van der Waals surface area contributed by atoms with Crippen LogP contribution in [0, 0.1) is 0 Å². The van der Waals surface area contributed by atoms with Crippen molar-refractivity contribution in [3.05, 3.63) is 11.7 Å². The second-order valence-electron chi connectivity index (χ2n) is 5.54. The van der Waals surface area contributed by atoms with Gasteiger partial charge >= 0.3 is 0 Å². The van der Waals surface area contributed by atoms with Crippen molar-refractivity contribution in [2.75, 3.05) is 0 Å². The summed E-state index contributed by atoms with van der Waals surface area (Å²) in [5, 5.41) is 4.10. The van der Waals surface area contributed by atoms with Gasteiger partial charge in [0.25, 0.3) is 0 Å². The van der Waals surface area contributed by atoms with Crippen molar-refractivity contribution in [2.45, 2.75) is 70.3 Å². The highest BCUT2D eigenvalue weighted by Gasteiger charge is 2.40. The second kappa shape index (κ2) is 4.77. The maximum atomic E-state index is 6.24. The molecule has 0 aromatic carbocycles. The van der Waals surface area contributed by atoms with Crippen LogP contribution >= 0.6 is 0 Å². The summed E-state index contributed by atoms with van der Waals surface area (Å²) in [5.41, 5.74) is 6.11. The fourth-order valence-electron chi connectivity index (χ4n) is 2.48. The molecule has 3 unspecified atom stereocenters. The van der Waals surface area contributed by atoms with Crippen molar-refractivity contribution in [1.29, 1.82) is 0 Å². The molecule has 1 heterocycles. The Morgan fingerprint density at radius 1 is 1.53 bits per heavy atom. The van der Waals surface area contributed by atoms with Gasteiger partial charge in [0, 0.05) is 12.0 Å². The zero-order chi connectivity index (χ0) is 12.5. The van der Waals surface area contributed by atoms with E-state index in [1.807, 2.05) is 0 Å². The molecule has 1 aromatic rings. The highest BCUT2D eigenvalue weighted by atomic mass is 16.5. The van der Waals surface area contributed by atoms with Crippen LogP contribution in [-0.4, -0.2) is 16.2 Å². The van der Waals surface area contributed by atoms with Crippen molar-refractivity contribution >= 4 is 0 Å². The first kappa shape index (κ1) is 12.6. The molecular formula is C13H23N3O. The lowest BCUT2D eigenvalue weighted by atomic mass is 9.72. The van der Waals surface area contributed by atoms with Gasteiger partial charge in [-0.3, -0.25) is 0 Å². The topological polar surface area (TPSA) is 64.9 Å². The maximum Gasteiger partial charge on any atom is 0.234 e. The van der Waals surface area contributed by atoms with E-state index in [0.29, 0.717) is 5.92 Å². The molecule has 17 heavy (non-hydrogen) atoms. The Morgan fingerprint density at radius 2 is 2.29 bits per heavy atom. The van der Waals surface area contributed by atoms with Crippen LogP contribution in [0.15, 0.2) is 4.52 Å². The molecule has 0 bridgehead atoms. The minimum Gasteiger partial charge on any atom is -0.339 e. The maximum absolute atomic E-state index is 6.24. The summed E-state index contributed by atoms with van der Waals surface area (Å²) in [6.07, 6.45) is 5.55. The van der Waals surface area contributed by atoms with Crippen molar-refractivity contribution in [1.82, 2.24) is 10.1 Å². The molecule has 0 spiro atoms. The molecule has 1 aliphatic rings. The standard InChI is InChI=1S/C13H23N3O/c1-4-9(2)11-15-12(17-16-11)13(3)8-6-5-7-10(13)14/h9-10H,4-8,14H2,1-3H3. The van der Waals surface area contributed by atoms with Gasteiger partial charge in [0.1, 0.15) is 0 Å². The van der Waals surface area contributed by atoms with Crippen molar-refractivity contribution in [3.8, 4) is 0 Å². The van der Waals surface area contributed by atoms with Crippen molar-refractivity contribution < 1.29 is 4.52 Å². The summed E-state index contributed by atoms with van der Waals surface area (Å²) in [5.74, 6) is 1.91. The molecule has 0 saturated heterocycles. The number of hydrogen-bond donors (Lipinski definition) is 1. The largest absolute Gasteiger partial charge is 0.339 e. The van der Waals surface area contributed by atoms with Gasteiger partial charge in [0.2, 0.25) is 5.89 Å². The van der Waals surface area contributed by atoms with Crippen LogP contribution in [0.25, 0.3) is 0 Å². The number of aromatic nitrogens is 2. The monoisotopic (exact) mass is 237 g/mol. The third kappa shape index (κ3) is 2.23. The minimum atomic E-state index is -0.128. The zero-order valence-electron chi connectivity index (χ0n) is 11.1. The smallest absolute Gasteiger partial charge is 0.234 e. The first-order valence-corrected chi connectivity index (χ1v) is 6.67. The highest BCUT2D eigenvalue weighted by Crippen LogP contribution is 2.37. The molecule has 96 valence electrons. The molecule has 0 aliphatic heterocycles. The van der Waals surface area contributed by atoms with E-state index in [9.17, 15) is 0 Å². The molecular weight excluding hydrogens is 214 g/mol. The Hall–Kier alpha value is -0.900. The summed E-state index contributed by atoms with van der Waals surface area (Å²) in [6.45, 7) is 6.41. The predicted molar refractivity (Wildman–Crippen MR) is 66.8 cm³/mol. The number of rotatable bonds is 3. The van der Waals surface area contributed by atoms with Gasteiger partial charge in [-0.1, -0.05) is 31.8 Å². The lowest BCUT2D eigenvalue weighted by molar-refractivity contribution is 0.202. The number of nitrogens with two attached hydrogens (primary N) is 1. The van der Waals surface area contributed by atoms with Gasteiger partial charge in [-0.25, -0.2) is 0 Å². The molecule has 4 heteroatoms. The summed E-state index contributed by atoms with van der Waals surface area (Å²) < 4.78 is 5.46. The molecule has 1 aliphatic carbocycles. The summed E-state index contributed by atoms with van der Waals surface area (Å²) >= 11 is 0. The lowest BCUT2D eigenvalue weighted by Gasteiger charge is -2.35. The average Bonchev–Trinajstić information content (AvgIpc) is 2.82. The van der Waals surface area contributed by atoms with Gasteiger partial charge in [0.05, 0.1) is 5.41 Å². The van der Waals surface area contributed by atoms with E-state index in [2.05, 4.69) is 30.9 Å². The Kier molecular flexibility index (Phi) is 3.52. The average molecular weight is 237 g/mol. The van der Waals surface area contributed by atoms with Crippen LogP contribution in [0.3, 0.4) is 0 Å². The zero-order valence-corrected chi connectivity index (χ0v) is 11.1. The molecule has 4 nitrogen and oxygen atoms in total. The Balaban J connectivity index is 2.23. The number of nitrogens with zero attached hydrogens (tertiary/aromatic N) is 2. The Morgan fingerprint density at radius 3 is 2.94 bits per heavy atom. The van der Waals surface area contributed by atoms with Gasteiger partial charge in [-0.15, -0.1) is 0 Å². The summed E-state index contributed by atoms with van der Waals surface area (Å²) in [4.78, 5) is 4.57. The molecule has 3 atom stereocenters. The van der Waals surface area contributed by atoms with E-state index in [1.165, 1.54) is 12.8 Å². The first-order chi connectivity index (χ1) is 8.08. The Labute approximate surface area is 103 Å². The fraction of sp³-hybridized carbons (Fsp3) is 0.846. The fourth-order valence-corrected chi connectivity index (χ4v) is 2.48. The molecule has 0 amide bonds. The van der Waals surface area contributed by atoms with E-state index in [1.54, 1.807) is 0 Å². The van der Waals surface area contributed by atoms with E-state index in [0.717, 1.165) is 31.0 Å². The van der Waals surface area contributed by atoms with E-state index >= 15 is 0 Å². The van der Waals surface area contributed by atoms with Crippen LogP contribution in [0.2, 0.25) is 0 Å². The molecule has 0 radical (unpaired) electrons. The van der Waals surface area contributed by atoms with Crippen LogP contribution in [0.4, 0.5) is 0 Å². The highest BCUT2D eigenvalue weighted by molar-refractivity contribution is 5.11. The molecule has 2 N–H and O–H groups in total. The molecule has 1 fully saturated rings. The van der Waals surface area contributed by atoms with Gasteiger partial charge in [0.15, 0.2) is 5.82 Å². The predicted octanol–water partition coefficient (Wildman–Crippen LogP) is 2.74. The summed E-state index contributed by atoms with van der Waals surface area (Å²) in [7, 11) is 0. The van der Waals surface area contributed by atoms with Gasteiger partial charge in [-0.05, 0) is 26.2 Å². The van der Waals surface area contributed by atoms with E-state index in [4.69, 9.17) is 10.3 Å². The third-order valence-corrected chi connectivity index (χ3v) is 4.26. The van der Waals surface area contributed by atoms with Crippen LogP contribution in [-0.2, 0) is 5.41 Å². The number of hydrogen-bond acceptors (Lipinski definition) is 4. The first-order valence-electron chi connectivity index (χ1n) is 6.67. The summed E-state index contributed by atoms with van der Waals surface area (Å²) in [6, 6.07) is 0.140. The lowest BCUT2D eigenvalue weighted by Crippen LogP contribution is -2.45. The normalized spacial score (nSPS) is 31.4. The van der Waals surface area contributed by atoms with Gasteiger partial charge in [-0.2, -0.15) is 4.98 Å². The SMILES string of the molecule is CCC(C)c1noc(C2(C)CCCCC2N)n1. The van der Waals surface area contributed by atoms with E-state index in [-0.39, 0.29) is 11.5 Å². The van der Waals surface area contributed by atoms with Crippen molar-refractivity contribution in [2.24, 2.45) is 5.73 Å². The van der Waals surface area contributed by atoms with Crippen LogP contribution < -0.4 is 5.73 Å². The van der Waals surface area contributed by atoms with Gasteiger partial charge < -0.3 is 10.3 Å². The van der Waals surface area contributed by atoms with Crippen molar-refractivity contribution in [3.63, 3.8) is 0 Å². The Bertz CT molecular complexity index is 376. The third-order valence-electron chi connectivity index (χ3n) is 4.26. The van der Waals surface area contributed by atoms with Crippen LogP contribution in [0.5, 0.6) is 0 Å². The molecule has 1 aromatic heterocycles. The minimum absolute atomic E-state index is 0.128. The molecule has 2 rings (SSSR count).